The zero-order valence-electron chi connectivity index (χ0n) is 17.9. The molecule has 0 fully saturated rings. The number of H-pyrrole nitrogens is 1. The van der Waals surface area contributed by atoms with Gasteiger partial charge in [0.1, 0.15) is 17.2 Å². The Kier molecular flexibility index (Phi) is 5.38. The third-order valence-corrected chi connectivity index (χ3v) is 6.29. The molecule has 0 bridgehead atoms. The summed E-state index contributed by atoms with van der Waals surface area (Å²) in [4.78, 5) is 32.6. The highest BCUT2D eigenvalue weighted by atomic mass is 32.1. The molecule has 10 nitrogen and oxygen atoms in total. The molecular weight excluding hydrogens is 444 g/mol. The number of aromatic amines is 1. The SMILES string of the molecule is COc1ccccc1-c1cc(C(=O)N2CCc3nc(NC(=O)c4cc(C)on4)sc3C2)[nH]n1. The van der Waals surface area contributed by atoms with Crippen LogP contribution in [-0.2, 0) is 13.0 Å². The van der Waals surface area contributed by atoms with Crippen LogP contribution < -0.4 is 10.1 Å². The molecule has 4 heterocycles. The monoisotopic (exact) mass is 464 g/mol. The van der Waals surface area contributed by atoms with Crippen molar-refractivity contribution in [1.82, 2.24) is 25.2 Å². The number of carbonyl (C=O) groups is 2. The first-order chi connectivity index (χ1) is 16.0. The van der Waals surface area contributed by atoms with Gasteiger partial charge < -0.3 is 14.2 Å². The van der Waals surface area contributed by atoms with Crippen LogP contribution in [0.1, 0.15) is 37.3 Å². The molecule has 1 aromatic carbocycles. The number of fused-ring (bicyclic) bond motifs is 1. The van der Waals surface area contributed by atoms with E-state index in [9.17, 15) is 9.59 Å². The van der Waals surface area contributed by atoms with Gasteiger partial charge in [-0.1, -0.05) is 28.6 Å². The molecule has 11 heteroatoms. The number of nitrogens with one attached hydrogen (secondary N) is 2. The Hall–Kier alpha value is -3.99. The second-order valence-corrected chi connectivity index (χ2v) is 8.59. The molecular formula is C22H20N6O4S. The molecule has 0 unspecified atom stereocenters. The summed E-state index contributed by atoms with van der Waals surface area (Å²) in [5.41, 5.74) is 2.93. The van der Waals surface area contributed by atoms with E-state index in [1.807, 2.05) is 24.3 Å². The van der Waals surface area contributed by atoms with E-state index in [0.717, 1.165) is 16.1 Å². The van der Waals surface area contributed by atoms with E-state index in [1.54, 1.807) is 31.1 Å². The van der Waals surface area contributed by atoms with Gasteiger partial charge in [-0.2, -0.15) is 5.10 Å². The van der Waals surface area contributed by atoms with Crippen molar-refractivity contribution in [2.45, 2.75) is 19.9 Å². The topological polar surface area (TPSA) is 126 Å². The normalized spacial score (nSPS) is 13.0. The maximum atomic E-state index is 13.1. The Morgan fingerprint density at radius 1 is 1.27 bits per heavy atom. The molecule has 168 valence electrons. The van der Waals surface area contributed by atoms with Crippen molar-refractivity contribution in [3.05, 3.63) is 64.1 Å². The number of aryl methyl sites for hydroxylation is 1. The van der Waals surface area contributed by atoms with E-state index in [-0.39, 0.29) is 17.5 Å². The van der Waals surface area contributed by atoms with Crippen molar-refractivity contribution in [2.75, 3.05) is 19.0 Å². The molecule has 0 spiro atoms. The van der Waals surface area contributed by atoms with Gasteiger partial charge in [-0.05, 0) is 25.1 Å². The lowest BCUT2D eigenvalue weighted by atomic mass is 10.1. The fraction of sp³-hybridized carbons (Fsp3) is 0.227. The summed E-state index contributed by atoms with van der Waals surface area (Å²) in [5, 5.41) is 14.1. The molecule has 3 aromatic heterocycles. The van der Waals surface area contributed by atoms with Gasteiger partial charge in [0.2, 0.25) is 0 Å². The second kappa shape index (κ2) is 8.51. The fourth-order valence-electron chi connectivity index (χ4n) is 3.65. The fourth-order valence-corrected chi connectivity index (χ4v) is 4.67. The standard InChI is InChI=1S/C22H20N6O4S/c1-12-9-16(27-32-12)20(29)24-22-23-14-7-8-28(11-19(14)33-22)21(30)17-10-15(25-26-17)13-5-3-4-6-18(13)31-2/h3-6,9-10H,7-8,11H2,1-2H3,(H,25,26)(H,23,24,29). The molecule has 0 saturated heterocycles. The number of aromatic nitrogens is 4. The Labute approximate surface area is 192 Å². The molecule has 2 amide bonds. The van der Waals surface area contributed by atoms with Crippen molar-refractivity contribution < 1.29 is 18.8 Å². The number of benzene rings is 1. The maximum absolute atomic E-state index is 13.1. The minimum atomic E-state index is -0.382. The highest BCUT2D eigenvalue weighted by Gasteiger charge is 2.27. The molecule has 0 aliphatic carbocycles. The molecule has 0 atom stereocenters. The smallest absolute Gasteiger partial charge is 0.279 e. The number of amides is 2. The number of ether oxygens (including phenoxy) is 1. The van der Waals surface area contributed by atoms with Gasteiger partial charge >= 0.3 is 0 Å². The first-order valence-corrected chi connectivity index (χ1v) is 11.0. The molecule has 1 aliphatic heterocycles. The average molecular weight is 465 g/mol. The summed E-state index contributed by atoms with van der Waals surface area (Å²) in [6, 6.07) is 10.8. The van der Waals surface area contributed by atoms with Gasteiger partial charge in [-0.15, -0.1) is 0 Å². The number of hydrogen-bond acceptors (Lipinski definition) is 8. The van der Waals surface area contributed by atoms with Gasteiger partial charge in [0, 0.05) is 29.5 Å². The number of rotatable bonds is 5. The lowest BCUT2D eigenvalue weighted by Gasteiger charge is -2.25. The van der Waals surface area contributed by atoms with Crippen LogP contribution >= 0.6 is 11.3 Å². The Bertz CT molecular complexity index is 1340. The number of carbonyl (C=O) groups excluding carboxylic acids is 2. The zero-order chi connectivity index (χ0) is 22.9. The maximum Gasteiger partial charge on any atom is 0.279 e. The van der Waals surface area contributed by atoms with E-state index < -0.39 is 0 Å². The number of methoxy groups -OCH3 is 1. The summed E-state index contributed by atoms with van der Waals surface area (Å²) in [7, 11) is 1.60. The minimum absolute atomic E-state index is 0.147. The molecule has 4 aromatic rings. The first-order valence-electron chi connectivity index (χ1n) is 10.2. The lowest BCUT2D eigenvalue weighted by molar-refractivity contribution is 0.0730. The molecule has 0 radical (unpaired) electrons. The van der Waals surface area contributed by atoms with E-state index in [2.05, 4.69) is 25.7 Å². The van der Waals surface area contributed by atoms with E-state index in [0.29, 0.717) is 47.5 Å². The van der Waals surface area contributed by atoms with Crippen LogP contribution in [-0.4, -0.2) is 50.7 Å². The molecule has 1 aliphatic rings. The van der Waals surface area contributed by atoms with Crippen LogP contribution in [0.4, 0.5) is 5.13 Å². The molecule has 0 saturated carbocycles. The highest BCUT2D eigenvalue weighted by Crippen LogP contribution is 2.31. The lowest BCUT2D eigenvalue weighted by Crippen LogP contribution is -2.35. The molecule has 5 rings (SSSR count). The summed E-state index contributed by atoms with van der Waals surface area (Å²) in [5.74, 6) is 0.713. The third kappa shape index (κ3) is 4.10. The van der Waals surface area contributed by atoms with Crippen molar-refractivity contribution in [1.29, 1.82) is 0 Å². The van der Waals surface area contributed by atoms with Gasteiger partial charge in [-0.25, -0.2) is 4.98 Å². The van der Waals surface area contributed by atoms with Crippen molar-refractivity contribution in [2.24, 2.45) is 0 Å². The van der Waals surface area contributed by atoms with Crippen molar-refractivity contribution in [3.8, 4) is 17.0 Å². The van der Waals surface area contributed by atoms with Crippen molar-refractivity contribution >= 4 is 28.3 Å². The summed E-state index contributed by atoms with van der Waals surface area (Å²) in [6.07, 6.45) is 0.601. The number of anilines is 1. The number of para-hydroxylation sites is 1. The van der Waals surface area contributed by atoms with Gasteiger partial charge in [0.05, 0.1) is 25.0 Å². The molecule has 33 heavy (non-hydrogen) atoms. The van der Waals surface area contributed by atoms with Gasteiger partial charge in [0.15, 0.2) is 10.8 Å². The Morgan fingerprint density at radius 2 is 2.12 bits per heavy atom. The predicted octanol–water partition coefficient (Wildman–Crippen LogP) is 3.29. The van der Waals surface area contributed by atoms with Gasteiger partial charge in [-0.3, -0.25) is 20.0 Å². The third-order valence-electron chi connectivity index (χ3n) is 5.29. The van der Waals surface area contributed by atoms with E-state index in [1.165, 1.54) is 11.3 Å². The van der Waals surface area contributed by atoms with E-state index >= 15 is 0 Å². The minimum Gasteiger partial charge on any atom is -0.496 e. The highest BCUT2D eigenvalue weighted by molar-refractivity contribution is 7.15. The number of hydrogen-bond donors (Lipinski definition) is 2. The second-order valence-electron chi connectivity index (χ2n) is 7.51. The van der Waals surface area contributed by atoms with Crippen LogP contribution in [0, 0.1) is 6.92 Å². The Morgan fingerprint density at radius 3 is 2.91 bits per heavy atom. The molecule has 2 N–H and O–H groups in total. The van der Waals surface area contributed by atoms with Crippen LogP contribution in [0.5, 0.6) is 5.75 Å². The summed E-state index contributed by atoms with van der Waals surface area (Å²) < 4.78 is 10.3. The van der Waals surface area contributed by atoms with Crippen LogP contribution in [0.15, 0.2) is 40.9 Å². The predicted molar refractivity (Wildman–Crippen MR) is 120 cm³/mol. The number of thiazole rings is 1. The summed E-state index contributed by atoms with van der Waals surface area (Å²) in [6.45, 7) is 2.65. The average Bonchev–Trinajstić information content (AvgIpc) is 3.57. The van der Waals surface area contributed by atoms with Crippen molar-refractivity contribution in [3.63, 3.8) is 0 Å². The Balaban J connectivity index is 1.29. The zero-order valence-corrected chi connectivity index (χ0v) is 18.7. The summed E-state index contributed by atoms with van der Waals surface area (Å²) >= 11 is 1.35. The quantitative estimate of drug-likeness (QED) is 0.464. The largest absolute Gasteiger partial charge is 0.496 e. The van der Waals surface area contributed by atoms with E-state index in [4.69, 9.17) is 9.26 Å². The number of nitrogens with zero attached hydrogens (tertiary/aromatic N) is 4. The first kappa shape index (κ1) is 20.9. The van der Waals surface area contributed by atoms with Gasteiger partial charge in [0.25, 0.3) is 11.8 Å². The van der Waals surface area contributed by atoms with Crippen LogP contribution in [0.2, 0.25) is 0 Å². The van der Waals surface area contributed by atoms with Crippen LogP contribution in [0.25, 0.3) is 11.3 Å². The van der Waals surface area contributed by atoms with Crippen LogP contribution in [0.3, 0.4) is 0 Å².